The minimum Gasteiger partial charge on any atom is -0.351 e. The third-order valence-corrected chi connectivity index (χ3v) is 7.35. The van der Waals surface area contributed by atoms with Crippen LogP contribution in [0.1, 0.15) is 64.6 Å². The van der Waals surface area contributed by atoms with Crippen LogP contribution in [0.3, 0.4) is 0 Å². The smallest absolute Gasteiger partial charge is 0.257 e. The number of nitrogens with zero attached hydrogens (tertiary/aromatic N) is 2. The van der Waals surface area contributed by atoms with Crippen LogP contribution in [0.4, 0.5) is 5.13 Å². The zero-order valence-corrected chi connectivity index (χ0v) is 21.4. The predicted molar refractivity (Wildman–Crippen MR) is 139 cm³/mol. The molecule has 0 spiro atoms. The summed E-state index contributed by atoms with van der Waals surface area (Å²) in [5, 5.41) is 14.8. The highest BCUT2D eigenvalue weighted by molar-refractivity contribution is 8.00. The Bertz CT molecular complexity index is 1200. The molecule has 176 valence electrons. The van der Waals surface area contributed by atoms with Gasteiger partial charge in [0.1, 0.15) is 0 Å². The first-order chi connectivity index (χ1) is 16.2. The van der Waals surface area contributed by atoms with Gasteiger partial charge in [-0.15, -0.1) is 11.8 Å². The van der Waals surface area contributed by atoms with E-state index in [1.165, 1.54) is 16.9 Å². The number of amides is 2. The van der Waals surface area contributed by atoms with Crippen LogP contribution < -0.4 is 10.6 Å². The number of rotatable bonds is 8. The first-order valence-electron chi connectivity index (χ1n) is 10.9. The minimum absolute atomic E-state index is 0.0375. The molecule has 0 atom stereocenters. The van der Waals surface area contributed by atoms with Gasteiger partial charge in [0, 0.05) is 23.4 Å². The summed E-state index contributed by atoms with van der Waals surface area (Å²) in [4.78, 5) is 29.3. The highest BCUT2D eigenvalue weighted by Crippen LogP contribution is 2.31. The summed E-state index contributed by atoms with van der Waals surface area (Å²) in [5.41, 5.74) is 4.33. The van der Waals surface area contributed by atoms with Crippen molar-refractivity contribution in [1.82, 2.24) is 10.3 Å². The number of anilines is 1. The van der Waals surface area contributed by atoms with Crippen molar-refractivity contribution in [3.05, 3.63) is 76.5 Å². The van der Waals surface area contributed by atoms with Gasteiger partial charge in [-0.3, -0.25) is 14.9 Å². The fraction of sp³-hybridized carbons (Fsp3) is 0.308. The van der Waals surface area contributed by atoms with Crippen LogP contribution in [0.25, 0.3) is 0 Å². The molecule has 2 N–H and O–H groups in total. The predicted octanol–water partition coefficient (Wildman–Crippen LogP) is 5.94. The number of aromatic nitrogens is 1. The minimum atomic E-state index is -0.183. The Morgan fingerprint density at radius 1 is 1.12 bits per heavy atom. The molecule has 3 rings (SSSR count). The standard InChI is InChI=1S/C26H28N4O2S2/c1-17-6-7-18(14-21(17)24(32)28-13-5-12-27)16-33-22-15-29-25(34-22)30-23(31)19-8-10-20(11-9-19)26(2,3)4/h6-11,14-15H,5,13,16H2,1-4H3,(H,28,32)(H,29,30,31). The maximum atomic E-state index is 12.6. The Hall–Kier alpha value is -3.15. The molecule has 0 aliphatic heterocycles. The molecule has 0 bridgehead atoms. The van der Waals surface area contributed by atoms with Crippen molar-refractivity contribution in [3.63, 3.8) is 0 Å². The van der Waals surface area contributed by atoms with Crippen LogP contribution in [0.5, 0.6) is 0 Å². The van der Waals surface area contributed by atoms with Crippen molar-refractivity contribution < 1.29 is 9.59 Å². The van der Waals surface area contributed by atoms with Crippen molar-refractivity contribution in [3.8, 4) is 6.07 Å². The van der Waals surface area contributed by atoms with Gasteiger partial charge in [0.25, 0.3) is 11.8 Å². The molecule has 0 saturated heterocycles. The Morgan fingerprint density at radius 3 is 2.53 bits per heavy atom. The summed E-state index contributed by atoms with van der Waals surface area (Å²) < 4.78 is 0.971. The van der Waals surface area contributed by atoms with Crippen LogP contribution in [0.2, 0.25) is 0 Å². The van der Waals surface area contributed by atoms with Crippen molar-refractivity contribution in [1.29, 1.82) is 5.26 Å². The molecule has 0 unspecified atom stereocenters. The number of thiazole rings is 1. The summed E-state index contributed by atoms with van der Waals surface area (Å²) in [6, 6.07) is 15.5. The molecule has 2 amide bonds. The van der Waals surface area contributed by atoms with Gasteiger partial charge in [-0.05, 0) is 47.2 Å². The van der Waals surface area contributed by atoms with E-state index in [0.717, 1.165) is 15.3 Å². The number of hydrogen-bond acceptors (Lipinski definition) is 6. The number of hydrogen-bond donors (Lipinski definition) is 2. The van der Waals surface area contributed by atoms with Crippen molar-refractivity contribution in [2.75, 3.05) is 11.9 Å². The molecule has 8 heteroatoms. The number of aryl methyl sites for hydroxylation is 1. The molecular formula is C26H28N4O2S2. The normalized spacial score (nSPS) is 11.0. The van der Waals surface area contributed by atoms with E-state index in [9.17, 15) is 9.59 Å². The number of carbonyl (C=O) groups is 2. The lowest BCUT2D eigenvalue weighted by molar-refractivity contribution is 0.0953. The molecule has 3 aromatic rings. The van der Waals surface area contributed by atoms with Crippen LogP contribution >= 0.6 is 23.1 Å². The number of benzene rings is 2. The quantitative estimate of drug-likeness (QED) is 0.300. The topological polar surface area (TPSA) is 94.9 Å². The van der Waals surface area contributed by atoms with E-state index < -0.39 is 0 Å². The molecule has 0 aliphatic carbocycles. The van der Waals surface area contributed by atoms with Crippen LogP contribution in [-0.4, -0.2) is 23.3 Å². The van der Waals surface area contributed by atoms with E-state index in [-0.39, 0.29) is 23.7 Å². The Balaban J connectivity index is 1.58. The molecular weight excluding hydrogens is 464 g/mol. The zero-order chi connectivity index (χ0) is 24.7. The van der Waals surface area contributed by atoms with Crippen LogP contribution in [-0.2, 0) is 11.2 Å². The van der Waals surface area contributed by atoms with Gasteiger partial charge in [-0.1, -0.05) is 56.4 Å². The second-order valence-corrected chi connectivity index (χ2v) is 11.2. The summed E-state index contributed by atoms with van der Waals surface area (Å²) in [6.45, 7) is 8.65. The van der Waals surface area contributed by atoms with Crippen molar-refractivity contribution in [2.45, 2.75) is 49.5 Å². The van der Waals surface area contributed by atoms with E-state index in [0.29, 0.717) is 28.6 Å². The summed E-state index contributed by atoms with van der Waals surface area (Å²) in [7, 11) is 0. The van der Waals surface area contributed by atoms with Gasteiger partial charge in [-0.2, -0.15) is 5.26 Å². The van der Waals surface area contributed by atoms with E-state index in [2.05, 4.69) is 36.4 Å². The molecule has 6 nitrogen and oxygen atoms in total. The number of nitrogens with one attached hydrogen (secondary N) is 2. The molecule has 34 heavy (non-hydrogen) atoms. The Kier molecular flexibility index (Phi) is 8.48. The van der Waals surface area contributed by atoms with Gasteiger partial charge in [0.15, 0.2) is 5.13 Å². The summed E-state index contributed by atoms with van der Waals surface area (Å²) >= 11 is 3.02. The number of carbonyl (C=O) groups excluding carboxylic acids is 2. The maximum Gasteiger partial charge on any atom is 0.257 e. The zero-order valence-electron chi connectivity index (χ0n) is 19.8. The Morgan fingerprint density at radius 2 is 1.85 bits per heavy atom. The van der Waals surface area contributed by atoms with E-state index in [1.54, 1.807) is 18.0 Å². The van der Waals surface area contributed by atoms with Crippen molar-refractivity contribution >= 4 is 40.0 Å². The molecule has 2 aromatic carbocycles. The lowest BCUT2D eigenvalue weighted by Crippen LogP contribution is -2.25. The van der Waals surface area contributed by atoms with Gasteiger partial charge in [0.2, 0.25) is 0 Å². The average molecular weight is 493 g/mol. The fourth-order valence-electron chi connectivity index (χ4n) is 3.16. The highest BCUT2D eigenvalue weighted by atomic mass is 32.2. The van der Waals surface area contributed by atoms with Crippen molar-refractivity contribution in [2.24, 2.45) is 0 Å². The third-order valence-electron chi connectivity index (χ3n) is 5.17. The van der Waals surface area contributed by atoms with E-state index in [4.69, 9.17) is 5.26 Å². The summed E-state index contributed by atoms with van der Waals surface area (Å²) in [5.74, 6) is 0.317. The largest absolute Gasteiger partial charge is 0.351 e. The van der Waals surface area contributed by atoms with E-state index >= 15 is 0 Å². The molecule has 0 aliphatic rings. The van der Waals surface area contributed by atoms with Crippen LogP contribution in [0.15, 0.2) is 52.9 Å². The summed E-state index contributed by atoms with van der Waals surface area (Å²) in [6.07, 6.45) is 2.03. The van der Waals surface area contributed by atoms with Gasteiger partial charge in [0.05, 0.1) is 22.9 Å². The SMILES string of the molecule is Cc1ccc(CSc2cnc(NC(=O)c3ccc(C(C)(C)C)cc3)s2)cc1C(=O)NCCC#N. The van der Waals surface area contributed by atoms with Crippen LogP contribution in [0, 0.1) is 18.3 Å². The Labute approximate surface area is 208 Å². The third kappa shape index (κ3) is 6.92. The number of thioether (sulfide) groups is 1. The highest BCUT2D eigenvalue weighted by Gasteiger charge is 2.15. The lowest BCUT2D eigenvalue weighted by Gasteiger charge is -2.18. The first kappa shape index (κ1) is 25.5. The number of nitriles is 1. The molecule has 1 heterocycles. The van der Waals surface area contributed by atoms with Gasteiger partial charge < -0.3 is 5.32 Å². The first-order valence-corrected chi connectivity index (χ1v) is 12.7. The second-order valence-electron chi connectivity index (χ2n) is 8.87. The molecule has 0 radical (unpaired) electrons. The van der Waals surface area contributed by atoms with Gasteiger partial charge in [-0.25, -0.2) is 4.98 Å². The van der Waals surface area contributed by atoms with E-state index in [1.807, 2.05) is 55.5 Å². The average Bonchev–Trinajstić information content (AvgIpc) is 3.25. The maximum absolute atomic E-state index is 12.6. The fourth-order valence-corrected chi connectivity index (χ4v) is 4.97. The second kappa shape index (κ2) is 11.3. The monoisotopic (exact) mass is 492 g/mol. The molecule has 0 saturated carbocycles. The van der Waals surface area contributed by atoms with Gasteiger partial charge >= 0.3 is 0 Å². The lowest BCUT2D eigenvalue weighted by atomic mass is 9.87. The molecule has 0 fully saturated rings. The molecule has 1 aromatic heterocycles.